The largest absolute Gasteiger partial charge is 0.270 e. The summed E-state index contributed by atoms with van der Waals surface area (Å²) in [6, 6.07) is 14.3. The van der Waals surface area contributed by atoms with Crippen molar-refractivity contribution < 1.29 is 4.92 Å². The fraction of sp³-hybridized carbons (Fsp3) is 0.133. The highest BCUT2D eigenvalue weighted by atomic mass is 32.2. The molecule has 0 N–H and O–H groups in total. The van der Waals surface area contributed by atoms with E-state index in [-0.39, 0.29) is 5.69 Å². The standard InChI is InChI=1S/C15H12N2O2S/c1-2-11-3-7-14(8-4-11)20-15-9-13(17(18)19)6-5-12(15)10-16/h3-9H,2H2,1H3. The minimum absolute atomic E-state index is 0.00308. The van der Waals surface area contributed by atoms with Crippen LogP contribution in [0.25, 0.3) is 0 Å². The second kappa shape index (κ2) is 6.22. The number of non-ortho nitro benzene ring substituents is 1. The molecule has 2 rings (SSSR count). The average Bonchev–Trinajstić information content (AvgIpc) is 2.48. The van der Waals surface area contributed by atoms with Crippen molar-refractivity contribution >= 4 is 17.4 Å². The van der Waals surface area contributed by atoms with Gasteiger partial charge in [-0.15, -0.1) is 0 Å². The first-order chi connectivity index (χ1) is 9.63. The highest BCUT2D eigenvalue weighted by Crippen LogP contribution is 2.33. The number of hydrogen-bond donors (Lipinski definition) is 0. The van der Waals surface area contributed by atoms with Crippen molar-refractivity contribution in [1.29, 1.82) is 5.26 Å². The fourth-order valence-electron chi connectivity index (χ4n) is 1.72. The van der Waals surface area contributed by atoms with Crippen LogP contribution >= 0.6 is 11.8 Å². The summed E-state index contributed by atoms with van der Waals surface area (Å²) in [6.45, 7) is 2.08. The molecule has 0 atom stereocenters. The Labute approximate surface area is 121 Å². The molecule has 0 unspecified atom stereocenters. The number of rotatable bonds is 4. The zero-order valence-electron chi connectivity index (χ0n) is 10.9. The third-order valence-electron chi connectivity index (χ3n) is 2.86. The molecular formula is C15H12N2O2S. The predicted molar refractivity (Wildman–Crippen MR) is 77.8 cm³/mol. The summed E-state index contributed by atoms with van der Waals surface area (Å²) in [6.07, 6.45) is 0.963. The van der Waals surface area contributed by atoms with E-state index in [9.17, 15) is 10.1 Å². The Morgan fingerprint density at radius 2 is 1.95 bits per heavy atom. The summed E-state index contributed by atoms with van der Waals surface area (Å²) in [7, 11) is 0. The second-order valence-electron chi connectivity index (χ2n) is 4.15. The molecule has 5 heteroatoms. The summed E-state index contributed by atoms with van der Waals surface area (Å²) < 4.78 is 0. The third-order valence-corrected chi connectivity index (χ3v) is 3.92. The van der Waals surface area contributed by atoms with E-state index in [0.29, 0.717) is 10.5 Å². The number of nitro benzene ring substituents is 1. The molecule has 2 aromatic carbocycles. The molecule has 0 amide bonds. The topological polar surface area (TPSA) is 66.9 Å². The van der Waals surface area contributed by atoms with Gasteiger partial charge in [-0.25, -0.2) is 0 Å². The quantitative estimate of drug-likeness (QED) is 0.624. The third kappa shape index (κ3) is 3.16. The van der Waals surface area contributed by atoms with Crippen LogP contribution in [0.4, 0.5) is 5.69 Å². The normalized spacial score (nSPS) is 10.0. The van der Waals surface area contributed by atoms with Crippen LogP contribution in [0.3, 0.4) is 0 Å². The molecule has 0 saturated heterocycles. The predicted octanol–water partition coefficient (Wildman–Crippen LogP) is 4.18. The Bertz CT molecular complexity index is 675. The first-order valence-electron chi connectivity index (χ1n) is 6.09. The van der Waals surface area contributed by atoms with E-state index in [1.807, 2.05) is 24.3 Å². The van der Waals surface area contributed by atoms with Gasteiger partial charge in [-0.2, -0.15) is 5.26 Å². The molecule has 0 heterocycles. The van der Waals surface area contributed by atoms with Gasteiger partial charge in [0.1, 0.15) is 6.07 Å². The maximum absolute atomic E-state index is 10.8. The molecule has 20 heavy (non-hydrogen) atoms. The molecule has 0 aromatic heterocycles. The Balaban J connectivity index is 2.33. The SMILES string of the molecule is CCc1ccc(Sc2cc([N+](=O)[O-])ccc2C#N)cc1. The van der Waals surface area contributed by atoms with Crippen molar-refractivity contribution in [3.05, 3.63) is 63.7 Å². The first kappa shape index (κ1) is 14.1. The molecule has 4 nitrogen and oxygen atoms in total. The Morgan fingerprint density at radius 3 is 2.50 bits per heavy atom. The molecule has 0 radical (unpaired) electrons. The molecule has 0 bridgehead atoms. The lowest BCUT2D eigenvalue weighted by Crippen LogP contribution is -1.90. The molecule has 0 fully saturated rings. The van der Waals surface area contributed by atoms with E-state index >= 15 is 0 Å². The van der Waals surface area contributed by atoms with E-state index in [2.05, 4.69) is 13.0 Å². The van der Waals surface area contributed by atoms with Gasteiger partial charge in [-0.05, 0) is 30.2 Å². The van der Waals surface area contributed by atoms with Gasteiger partial charge in [0.05, 0.1) is 10.5 Å². The molecule has 0 aliphatic rings. The number of nitriles is 1. The van der Waals surface area contributed by atoms with E-state index < -0.39 is 4.92 Å². The van der Waals surface area contributed by atoms with E-state index in [1.165, 1.54) is 35.5 Å². The van der Waals surface area contributed by atoms with Gasteiger partial charge < -0.3 is 0 Å². The van der Waals surface area contributed by atoms with Gasteiger partial charge in [0.2, 0.25) is 0 Å². The van der Waals surface area contributed by atoms with Crippen molar-refractivity contribution in [2.75, 3.05) is 0 Å². The number of hydrogen-bond acceptors (Lipinski definition) is 4. The lowest BCUT2D eigenvalue weighted by molar-refractivity contribution is -0.385. The van der Waals surface area contributed by atoms with Crippen molar-refractivity contribution in [2.45, 2.75) is 23.1 Å². The lowest BCUT2D eigenvalue weighted by Gasteiger charge is -2.05. The molecule has 0 aliphatic carbocycles. The summed E-state index contributed by atoms with van der Waals surface area (Å²) >= 11 is 1.36. The average molecular weight is 284 g/mol. The van der Waals surface area contributed by atoms with Gasteiger partial charge in [0, 0.05) is 21.9 Å². The fourth-order valence-corrected chi connectivity index (χ4v) is 2.65. The number of nitrogens with zero attached hydrogens (tertiary/aromatic N) is 2. The Hall–Kier alpha value is -2.32. The molecule has 0 spiro atoms. The minimum Gasteiger partial charge on any atom is -0.258 e. The smallest absolute Gasteiger partial charge is 0.258 e. The molecule has 0 aliphatic heterocycles. The summed E-state index contributed by atoms with van der Waals surface area (Å²) in [5.74, 6) is 0. The van der Waals surface area contributed by atoms with Crippen molar-refractivity contribution in [3.8, 4) is 6.07 Å². The van der Waals surface area contributed by atoms with Crippen LogP contribution in [0, 0.1) is 21.4 Å². The van der Waals surface area contributed by atoms with Crippen LogP contribution in [-0.4, -0.2) is 4.92 Å². The van der Waals surface area contributed by atoms with Crippen molar-refractivity contribution in [2.24, 2.45) is 0 Å². The summed E-state index contributed by atoms with van der Waals surface area (Å²) in [5.41, 5.74) is 1.67. The van der Waals surface area contributed by atoms with Crippen LogP contribution in [0.5, 0.6) is 0 Å². The zero-order valence-corrected chi connectivity index (χ0v) is 11.7. The van der Waals surface area contributed by atoms with Crippen LogP contribution in [0.1, 0.15) is 18.1 Å². The summed E-state index contributed by atoms with van der Waals surface area (Å²) in [5, 5.41) is 19.9. The van der Waals surface area contributed by atoms with Crippen molar-refractivity contribution in [3.63, 3.8) is 0 Å². The van der Waals surface area contributed by atoms with E-state index in [1.54, 1.807) is 0 Å². The van der Waals surface area contributed by atoms with Crippen molar-refractivity contribution in [1.82, 2.24) is 0 Å². The maximum atomic E-state index is 10.8. The molecular weight excluding hydrogens is 272 g/mol. The minimum atomic E-state index is -0.453. The second-order valence-corrected chi connectivity index (χ2v) is 5.26. The lowest BCUT2D eigenvalue weighted by atomic mass is 10.2. The van der Waals surface area contributed by atoms with E-state index in [0.717, 1.165) is 11.3 Å². The highest BCUT2D eigenvalue weighted by Gasteiger charge is 2.11. The molecule has 2 aromatic rings. The van der Waals surface area contributed by atoms with Gasteiger partial charge in [0.25, 0.3) is 5.69 Å². The Kier molecular flexibility index (Phi) is 4.38. The van der Waals surface area contributed by atoms with Crippen LogP contribution in [0.2, 0.25) is 0 Å². The monoisotopic (exact) mass is 284 g/mol. The number of benzene rings is 2. The van der Waals surface area contributed by atoms with Gasteiger partial charge in [-0.1, -0.05) is 30.8 Å². The van der Waals surface area contributed by atoms with Crippen LogP contribution < -0.4 is 0 Å². The first-order valence-corrected chi connectivity index (χ1v) is 6.91. The molecule has 100 valence electrons. The van der Waals surface area contributed by atoms with Gasteiger partial charge in [0.15, 0.2) is 0 Å². The highest BCUT2D eigenvalue weighted by molar-refractivity contribution is 7.99. The summed E-state index contributed by atoms with van der Waals surface area (Å²) in [4.78, 5) is 11.9. The Morgan fingerprint density at radius 1 is 1.25 bits per heavy atom. The van der Waals surface area contributed by atoms with E-state index in [4.69, 9.17) is 5.26 Å². The van der Waals surface area contributed by atoms with Gasteiger partial charge in [-0.3, -0.25) is 10.1 Å². The number of nitro groups is 1. The van der Waals surface area contributed by atoms with Crippen LogP contribution in [-0.2, 0) is 6.42 Å². The van der Waals surface area contributed by atoms with Crippen LogP contribution in [0.15, 0.2) is 52.3 Å². The maximum Gasteiger partial charge on any atom is 0.270 e. The zero-order chi connectivity index (χ0) is 14.5. The number of aryl methyl sites for hydroxylation is 1. The molecule has 0 saturated carbocycles. The van der Waals surface area contributed by atoms with Gasteiger partial charge >= 0.3 is 0 Å².